The fourth-order valence-electron chi connectivity index (χ4n) is 1.18. The number of unbranched alkanes of at least 4 members (excludes halogenated alkanes) is 2. The molecule has 0 N–H and O–H groups in total. The van der Waals surface area contributed by atoms with E-state index >= 15 is 0 Å². The van der Waals surface area contributed by atoms with Crippen LogP contribution in [0.15, 0.2) is 0 Å². The van der Waals surface area contributed by atoms with Crippen LogP contribution in [0, 0.1) is 0 Å². The van der Waals surface area contributed by atoms with E-state index in [4.69, 9.17) is 14.2 Å². The Bertz CT molecular complexity index is 104. The molecule has 0 atom stereocenters. The van der Waals surface area contributed by atoms with Crippen molar-refractivity contribution in [2.45, 2.75) is 53.4 Å². The molecule has 0 aromatic heterocycles. The Balaban J connectivity index is 0. The van der Waals surface area contributed by atoms with Gasteiger partial charge >= 0.3 is 0 Å². The molecule has 0 amide bonds. The monoisotopic (exact) mass is 248 g/mol. The van der Waals surface area contributed by atoms with Gasteiger partial charge in [-0.25, -0.2) is 0 Å². The molecule has 17 heavy (non-hydrogen) atoms. The summed E-state index contributed by atoms with van der Waals surface area (Å²) in [4.78, 5) is 0. The highest BCUT2D eigenvalue weighted by molar-refractivity contribution is 4.38. The third kappa shape index (κ3) is 18.4. The second-order valence-electron chi connectivity index (χ2n) is 3.90. The van der Waals surface area contributed by atoms with E-state index in [0.29, 0.717) is 6.61 Å². The Morgan fingerprint density at radius 3 is 1.29 bits per heavy atom. The van der Waals surface area contributed by atoms with Crippen LogP contribution in [0.5, 0.6) is 0 Å². The Morgan fingerprint density at radius 1 is 0.529 bits per heavy atom. The van der Waals surface area contributed by atoms with Crippen molar-refractivity contribution in [3.05, 3.63) is 0 Å². The van der Waals surface area contributed by atoms with Gasteiger partial charge in [-0.3, -0.25) is 0 Å². The molecular weight excluding hydrogens is 216 g/mol. The molecule has 0 aliphatic heterocycles. The van der Waals surface area contributed by atoms with Crippen molar-refractivity contribution in [2.24, 2.45) is 0 Å². The molecular formula is C14H32O3. The molecule has 0 rings (SSSR count). The maximum Gasteiger partial charge on any atom is 0.0700 e. The Labute approximate surface area is 108 Å². The van der Waals surface area contributed by atoms with Gasteiger partial charge in [-0.05, 0) is 19.3 Å². The molecule has 106 valence electrons. The first kappa shape index (κ1) is 19.2. The zero-order valence-electron chi connectivity index (χ0n) is 11.0. The summed E-state index contributed by atoms with van der Waals surface area (Å²) in [5.41, 5.74) is 0. The summed E-state index contributed by atoms with van der Waals surface area (Å²) in [6, 6.07) is 0. The lowest BCUT2D eigenvalue weighted by molar-refractivity contribution is 0.0347. The minimum absolute atomic E-state index is 0. The van der Waals surface area contributed by atoms with Crippen LogP contribution in [0.1, 0.15) is 53.4 Å². The third-order valence-electron chi connectivity index (χ3n) is 2.23. The minimum Gasteiger partial charge on any atom is -0.381 e. The molecule has 0 aliphatic carbocycles. The molecule has 0 fully saturated rings. The fraction of sp³-hybridized carbons (Fsp3) is 1.00. The number of ether oxygens (including phenoxy) is 3. The predicted octanol–water partition coefficient (Wildman–Crippen LogP) is 3.66. The molecule has 0 bridgehead atoms. The summed E-state index contributed by atoms with van der Waals surface area (Å²) in [6.07, 6.45) is 5.68. The van der Waals surface area contributed by atoms with Crippen molar-refractivity contribution >= 4 is 0 Å². The molecule has 0 aromatic carbocycles. The fourth-order valence-corrected chi connectivity index (χ4v) is 1.18. The van der Waals surface area contributed by atoms with Crippen LogP contribution >= 0.6 is 0 Å². The summed E-state index contributed by atoms with van der Waals surface area (Å²) in [5.74, 6) is 0. The summed E-state index contributed by atoms with van der Waals surface area (Å²) >= 11 is 0. The maximum atomic E-state index is 5.42. The van der Waals surface area contributed by atoms with Gasteiger partial charge in [-0.15, -0.1) is 0 Å². The number of hydrogen-bond donors (Lipinski definition) is 0. The van der Waals surface area contributed by atoms with Gasteiger partial charge in [0.15, 0.2) is 0 Å². The van der Waals surface area contributed by atoms with Crippen molar-refractivity contribution in [2.75, 3.05) is 39.6 Å². The van der Waals surface area contributed by atoms with Gasteiger partial charge in [0.2, 0.25) is 0 Å². The standard InChI is InChI=1S/C13H28O3.CH4/c1-3-5-8-14-10-7-11-16-13-12-15-9-6-4-2;/h3-13H2,1-2H3;1H4. The summed E-state index contributed by atoms with van der Waals surface area (Å²) in [7, 11) is 0. The maximum absolute atomic E-state index is 5.42. The van der Waals surface area contributed by atoms with Crippen molar-refractivity contribution in [3.63, 3.8) is 0 Å². The van der Waals surface area contributed by atoms with Gasteiger partial charge in [0.25, 0.3) is 0 Å². The first-order valence-electron chi connectivity index (χ1n) is 6.65. The van der Waals surface area contributed by atoms with Gasteiger partial charge in [0.05, 0.1) is 13.2 Å². The van der Waals surface area contributed by atoms with Gasteiger partial charge in [0, 0.05) is 26.4 Å². The zero-order valence-corrected chi connectivity index (χ0v) is 11.0. The summed E-state index contributed by atoms with van der Waals surface area (Å²) in [5, 5.41) is 0. The average molecular weight is 248 g/mol. The highest BCUT2D eigenvalue weighted by Crippen LogP contribution is 1.91. The van der Waals surface area contributed by atoms with Crippen molar-refractivity contribution < 1.29 is 14.2 Å². The van der Waals surface area contributed by atoms with Crippen molar-refractivity contribution in [1.29, 1.82) is 0 Å². The van der Waals surface area contributed by atoms with Crippen LogP contribution in [0.4, 0.5) is 0 Å². The van der Waals surface area contributed by atoms with Crippen LogP contribution in [0.25, 0.3) is 0 Å². The molecule has 3 nitrogen and oxygen atoms in total. The van der Waals surface area contributed by atoms with E-state index in [1.807, 2.05) is 0 Å². The lowest BCUT2D eigenvalue weighted by Gasteiger charge is -2.06. The zero-order chi connectivity index (χ0) is 11.9. The van der Waals surface area contributed by atoms with Gasteiger partial charge in [0.1, 0.15) is 0 Å². The van der Waals surface area contributed by atoms with Crippen LogP contribution in [-0.2, 0) is 14.2 Å². The van der Waals surface area contributed by atoms with Gasteiger partial charge < -0.3 is 14.2 Å². The Hall–Kier alpha value is -0.120. The van der Waals surface area contributed by atoms with Gasteiger partial charge in [-0.2, -0.15) is 0 Å². The normalized spacial score (nSPS) is 10.2. The third-order valence-corrected chi connectivity index (χ3v) is 2.23. The first-order chi connectivity index (χ1) is 7.91. The Morgan fingerprint density at radius 2 is 0.882 bits per heavy atom. The van der Waals surface area contributed by atoms with Gasteiger partial charge in [-0.1, -0.05) is 34.1 Å². The quantitative estimate of drug-likeness (QED) is 0.466. The van der Waals surface area contributed by atoms with Crippen molar-refractivity contribution in [3.8, 4) is 0 Å². The van der Waals surface area contributed by atoms with E-state index in [1.54, 1.807) is 0 Å². The molecule has 3 heteroatoms. The molecule has 0 spiro atoms. The van der Waals surface area contributed by atoms with Crippen LogP contribution in [0.3, 0.4) is 0 Å². The molecule has 0 heterocycles. The van der Waals surface area contributed by atoms with E-state index in [-0.39, 0.29) is 7.43 Å². The van der Waals surface area contributed by atoms with Crippen LogP contribution < -0.4 is 0 Å². The second-order valence-corrected chi connectivity index (χ2v) is 3.90. The topological polar surface area (TPSA) is 27.7 Å². The summed E-state index contributed by atoms with van der Waals surface area (Å²) in [6.45, 7) is 9.11. The van der Waals surface area contributed by atoms with Crippen molar-refractivity contribution in [1.82, 2.24) is 0 Å². The van der Waals surface area contributed by atoms with E-state index in [1.165, 1.54) is 12.8 Å². The molecule has 0 saturated carbocycles. The summed E-state index contributed by atoms with van der Waals surface area (Å²) < 4.78 is 16.2. The highest BCUT2D eigenvalue weighted by atomic mass is 16.5. The van der Waals surface area contributed by atoms with E-state index in [0.717, 1.165) is 52.3 Å². The minimum atomic E-state index is 0. The lowest BCUT2D eigenvalue weighted by Crippen LogP contribution is -2.07. The van der Waals surface area contributed by atoms with Crippen LogP contribution in [-0.4, -0.2) is 39.6 Å². The largest absolute Gasteiger partial charge is 0.381 e. The second kappa shape index (κ2) is 18.3. The first-order valence-corrected chi connectivity index (χ1v) is 6.65. The molecule has 0 saturated heterocycles. The average Bonchev–Trinajstić information content (AvgIpc) is 2.31. The number of hydrogen-bond acceptors (Lipinski definition) is 3. The van der Waals surface area contributed by atoms with E-state index in [2.05, 4.69) is 13.8 Å². The van der Waals surface area contributed by atoms with E-state index < -0.39 is 0 Å². The molecule has 0 aromatic rings. The van der Waals surface area contributed by atoms with Crippen LogP contribution in [0.2, 0.25) is 0 Å². The molecule has 0 radical (unpaired) electrons. The molecule has 0 aliphatic rings. The number of rotatable bonds is 13. The smallest absolute Gasteiger partial charge is 0.0700 e. The van der Waals surface area contributed by atoms with E-state index in [9.17, 15) is 0 Å². The lowest BCUT2D eigenvalue weighted by atomic mass is 10.4. The highest BCUT2D eigenvalue weighted by Gasteiger charge is 1.91. The predicted molar refractivity (Wildman–Crippen MR) is 73.6 cm³/mol. The SMILES string of the molecule is C.CCCCOCCCOCCOCCCC. The Kier molecular flexibility index (Phi) is 20.6. The molecule has 0 unspecified atom stereocenters.